The predicted molar refractivity (Wildman–Crippen MR) is 70.5 cm³/mol. The highest BCUT2D eigenvalue weighted by Gasteiger charge is 2.22. The van der Waals surface area contributed by atoms with Crippen molar-refractivity contribution in [2.75, 3.05) is 31.7 Å². The molecule has 1 heterocycles. The molecule has 0 saturated heterocycles. The van der Waals surface area contributed by atoms with Gasteiger partial charge in [0.25, 0.3) is 0 Å². The molecule has 88 valence electrons. The molecule has 16 heavy (non-hydrogen) atoms. The highest BCUT2D eigenvalue weighted by atomic mass is 32.2. The van der Waals surface area contributed by atoms with E-state index in [-0.39, 0.29) is 0 Å². The molecule has 1 aromatic carbocycles. The number of rotatable bonds is 6. The monoisotopic (exact) mass is 237 g/mol. The lowest BCUT2D eigenvalue weighted by Crippen LogP contribution is -2.23. The van der Waals surface area contributed by atoms with Gasteiger partial charge >= 0.3 is 0 Å². The summed E-state index contributed by atoms with van der Waals surface area (Å²) in [5, 5.41) is 3.51. The first-order valence-corrected chi connectivity index (χ1v) is 7.22. The van der Waals surface area contributed by atoms with Crippen LogP contribution in [0.5, 0.6) is 5.75 Å². The van der Waals surface area contributed by atoms with E-state index in [1.54, 1.807) is 0 Å². The van der Waals surface area contributed by atoms with Crippen LogP contribution in [0.2, 0.25) is 0 Å². The Labute approximate surface area is 102 Å². The summed E-state index contributed by atoms with van der Waals surface area (Å²) in [5.41, 5.74) is 1.36. The van der Waals surface area contributed by atoms with Gasteiger partial charge in [0.05, 0.1) is 6.61 Å². The molecule has 1 aliphatic rings. The van der Waals surface area contributed by atoms with Crippen LogP contribution in [-0.4, -0.2) is 31.7 Å². The molecule has 1 unspecified atom stereocenters. The van der Waals surface area contributed by atoms with Gasteiger partial charge in [-0.05, 0) is 31.0 Å². The number of nitrogens with one attached hydrogen (secondary N) is 1. The third kappa shape index (κ3) is 2.92. The highest BCUT2D eigenvalue weighted by Crippen LogP contribution is 2.32. The van der Waals surface area contributed by atoms with E-state index in [0.29, 0.717) is 5.92 Å². The second-order valence-corrected chi connectivity index (χ2v) is 5.08. The van der Waals surface area contributed by atoms with Gasteiger partial charge in [-0.25, -0.2) is 0 Å². The van der Waals surface area contributed by atoms with E-state index in [2.05, 4.69) is 29.8 Å². The third-order valence-corrected chi connectivity index (χ3v) is 3.59. The van der Waals surface area contributed by atoms with Crippen LogP contribution >= 0.6 is 11.8 Å². The molecular weight excluding hydrogens is 218 g/mol. The molecule has 0 saturated carbocycles. The zero-order valence-corrected chi connectivity index (χ0v) is 10.6. The third-order valence-electron chi connectivity index (χ3n) is 2.89. The second kappa shape index (κ2) is 6.16. The first-order chi connectivity index (χ1) is 7.92. The van der Waals surface area contributed by atoms with Gasteiger partial charge < -0.3 is 10.1 Å². The Balaban J connectivity index is 1.76. The molecule has 3 heteroatoms. The van der Waals surface area contributed by atoms with Crippen molar-refractivity contribution in [2.45, 2.75) is 12.3 Å². The van der Waals surface area contributed by atoms with Crippen LogP contribution in [0.15, 0.2) is 24.3 Å². The lowest BCUT2D eigenvalue weighted by molar-refractivity contribution is 0.326. The van der Waals surface area contributed by atoms with Crippen molar-refractivity contribution < 1.29 is 4.74 Å². The van der Waals surface area contributed by atoms with Crippen molar-refractivity contribution in [1.82, 2.24) is 5.32 Å². The van der Waals surface area contributed by atoms with Crippen LogP contribution in [0.4, 0.5) is 0 Å². The summed E-state index contributed by atoms with van der Waals surface area (Å²) in [5.74, 6) is 2.84. The van der Waals surface area contributed by atoms with Crippen LogP contribution in [-0.2, 0) is 0 Å². The minimum absolute atomic E-state index is 0.533. The number of para-hydroxylation sites is 1. The fraction of sp³-hybridized carbons (Fsp3) is 0.538. The van der Waals surface area contributed by atoms with E-state index in [4.69, 9.17) is 4.74 Å². The van der Waals surface area contributed by atoms with E-state index in [0.717, 1.165) is 25.4 Å². The summed E-state index contributed by atoms with van der Waals surface area (Å²) in [4.78, 5) is 0. The Morgan fingerprint density at radius 1 is 1.44 bits per heavy atom. The standard InChI is InChI=1S/C13H19NOS/c1-16-8-4-7-14-9-11-10-15-13-6-3-2-5-12(11)13/h2-3,5-6,11,14H,4,7-10H2,1H3. The van der Waals surface area contributed by atoms with Crippen LogP contribution in [0, 0.1) is 0 Å². The highest BCUT2D eigenvalue weighted by molar-refractivity contribution is 7.98. The topological polar surface area (TPSA) is 21.3 Å². The number of fused-ring (bicyclic) bond motifs is 1. The Hall–Kier alpha value is -0.670. The molecule has 0 spiro atoms. The van der Waals surface area contributed by atoms with Crippen molar-refractivity contribution in [3.63, 3.8) is 0 Å². The maximum absolute atomic E-state index is 5.65. The van der Waals surface area contributed by atoms with Gasteiger partial charge in [-0.3, -0.25) is 0 Å². The molecule has 2 nitrogen and oxygen atoms in total. The summed E-state index contributed by atoms with van der Waals surface area (Å²) in [6.45, 7) is 2.97. The molecule has 1 atom stereocenters. The zero-order valence-electron chi connectivity index (χ0n) is 9.74. The summed E-state index contributed by atoms with van der Waals surface area (Å²) in [6.07, 6.45) is 3.40. The molecule has 1 aliphatic heterocycles. The van der Waals surface area contributed by atoms with Gasteiger partial charge in [0.1, 0.15) is 5.75 Å². The molecule has 0 aromatic heterocycles. The summed E-state index contributed by atoms with van der Waals surface area (Å²) in [7, 11) is 0. The van der Waals surface area contributed by atoms with Crippen molar-refractivity contribution >= 4 is 11.8 Å². The number of hydrogen-bond acceptors (Lipinski definition) is 3. The molecule has 2 rings (SSSR count). The average Bonchev–Trinajstić information content (AvgIpc) is 2.73. The van der Waals surface area contributed by atoms with Gasteiger partial charge in [0, 0.05) is 18.0 Å². The first-order valence-electron chi connectivity index (χ1n) is 5.83. The predicted octanol–water partition coefficient (Wildman–Crippen LogP) is 2.51. The van der Waals surface area contributed by atoms with E-state index < -0.39 is 0 Å². The Kier molecular flexibility index (Phi) is 4.55. The normalized spacial score (nSPS) is 18.2. The molecule has 0 bridgehead atoms. The zero-order chi connectivity index (χ0) is 11.2. The second-order valence-electron chi connectivity index (χ2n) is 4.10. The van der Waals surface area contributed by atoms with Crippen LogP contribution in [0.3, 0.4) is 0 Å². The fourth-order valence-corrected chi connectivity index (χ4v) is 2.45. The average molecular weight is 237 g/mol. The smallest absolute Gasteiger partial charge is 0.122 e. The first kappa shape index (κ1) is 11.8. The maximum atomic E-state index is 5.65. The summed E-state index contributed by atoms with van der Waals surface area (Å²) >= 11 is 1.91. The maximum Gasteiger partial charge on any atom is 0.122 e. The summed E-state index contributed by atoms with van der Waals surface area (Å²) < 4.78 is 5.65. The fourth-order valence-electron chi connectivity index (χ4n) is 2.02. The van der Waals surface area contributed by atoms with E-state index >= 15 is 0 Å². The quantitative estimate of drug-likeness (QED) is 0.768. The SMILES string of the molecule is CSCCCNCC1COc2ccccc21. The van der Waals surface area contributed by atoms with Crippen molar-refractivity contribution in [3.8, 4) is 5.75 Å². The van der Waals surface area contributed by atoms with Gasteiger partial charge in [0.2, 0.25) is 0 Å². The molecule has 0 amide bonds. The molecule has 0 radical (unpaired) electrons. The largest absolute Gasteiger partial charge is 0.493 e. The van der Waals surface area contributed by atoms with Gasteiger partial charge in [-0.1, -0.05) is 18.2 Å². The van der Waals surface area contributed by atoms with Crippen LogP contribution in [0.25, 0.3) is 0 Å². The Morgan fingerprint density at radius 3 is 3.19 bits per heavy atom. The molecule has 0 fully saturated rings. The van der Waals surface area contributed by atoms with E-state index in [1.165, 1.54) is 17.7 Å². The molecule has 0 aliphatic carbocycles. The molecule has 1 aromatic rings. The van der Waals surface area contributed by atoms with E-state index in [1.807, 2.05) is 17.8 Å². The minimum Gasteiger partial charge on any atom is -0.493 e. The van der Waals surface area contributed by atoms with Crippen molar-refractivity contribution in [3.05, 3.63) is 29.8 Å². The van der Waals surface area contributed by atoms with Gasteiger partial charge in [-0.2, -0.15) is 11.8 Å². The minimum atomic E-state index is 0.533. The lowest BCUT2D eigenvalue weighted by Gasteiger charge is -2.09. The molecule has 1 N–H and O–H groups in total. The number of benzene rings is 1. The van der Waals surface area contributed by atoms with Gasteiger partial charge in [-0.15, -0.1) is 0 Å². The van der Waals surface area contributed by atoms with Crippen LogP contribution in [0.1, 0.15) is 17.9 Å². The molecular formula is C13H19NOS. The number of ether oxygens (including phenoxy) is 1. The Bertz CT molecular complexity index is 329. The van der Waals surface area contributed by atoms with Crippen LogP contribution < -0.4 is 10.1 Å². The van der Waals surface area contributed by atoms with E-state index in [9.17, 15) is 0 Å². The van der Waals surface area contributed by atoms with Gasteiger partial charge in [0.15, 0.2) is 0 Å². The number of thioether (sulfide) groups is 1. The Morgan fingerprint density at radius 2 is 2.31 bits per heavy atom. The van der Waals surface area contributed by atoms with Crippen molar-refractivity contribution in [1.29, 1.82) is 0 Å². The summed E-state index contributed by atoms with van der Waals surface area (Å²) in [6, 6.07) is 8.36. The lowest BCUT2D eigenvalue weighted by atomic mass is 10.0. The number of hydrogen-bond donors (Lipinski definition) is 1. The van der Waals surface area contributed by atoms with Crippen molar-refractivity contribution in [2.24, 2.45) is 0 Å².